The SMILES string of the molecule is COCc1cccc2sc(NC(=O)NC[C@@H]3Cc4ccccc4CO3)nc12. The molecule has 0 fully saturated rings. The molecular formula is C20H21N3O3S. The summed E-state index contributed by atoms with van der Waals surface area (Å²) in [5, 5.41) is 6.27. The molecule has 140 valence electrons. The lowest BCUT2D eigenvalue weighted by Crippen LogP contribution is -2.38. The zero-order chi connectivity index (χ0) is 18.6. The maximum Gasteiger partial charge on any atom is 0.321 e. The van der Waals surface area contributed by atoms with Crippen molar-refractivity contribution >= 4 is 32.7 Å². The second-order valence-corrected chi connectivity index (χ2v) is 7.49. The van der Waals surface area contributed by atoms with E-state index in [-0.39, 0.29) is 12.1 Å². The summed E-state index contributed by atoms with van der Waals surface area (Å²) in [5.41, 5.74) is 4.38. The summed E-state index contributed by atoms with van der Waals surface area (Å²) in [6.07, 6.45) is 0.784. The molecule has 0 saturated heterocycles. The Hall–Kier alpha value is -2.48. The van der Waals surface area contributed by atoms with E-state index in [1.54, 1.807) is 7.11 Å². The smallest absolute Gasteiger partial charge is 0.321 e. The third-order valence-electron chi connectivity index (χ3n) is 4.55. The van der Waals surface area contributed by atoms with Gasteiger partial charge in [-0.15, -0.1) is 0 Å². The number of fused-ring (bicyclic) bond motifs is 2. The average molecular weight is 383 g/mol. The molecule has 0 bridgehead atoms. The van der Waals surface area contributed by atoms with Crippen molar-refractivity contribution in [1.82, 2.24) is 10.3 Å². The molecule has 1 aromatic heterocycles. The standard InChI is InChI=1S/C20H21N3O3S/c1-25-11-15-7-4-8-17-18(15)22-20(27-17)23-19(24)21-10-16-9-13-5-2-3-6-14(13)12-26-16/h2-8,16H,9-12H2,1H3,(H2,21,22,23,24)/t16-/m0/s1. The number of urea groups is 1. The molecule has 0 aliphatic carbocycles. The van der Waals surface area contributed by atoms with Crippen molar-refractivity contribution < 1.29 is 14.3 Å². The lowest BCUT2D eigenvalue weighted by molar-refractivity contribution is 0.0308. The Labute approximate surface area is 161 Å². The van der Waals surface area contributed by atoms with E-state index in [4.69, 9.17) is 9.47 Å². The van der Waals surface area contributed by atoms with Gasteiger partial charge in [0.25, 0.3) is 0 Å². The number of nitrogens with one attached hydrogen (secondary N) is 2. The number of anilines is 1. The van der Waals surface area contributed by atoms with Crippen LogP contribution in [0, 0.1) is 0 Å². The molecule has 6 nitrogen and oxygen atoms in total. The number of nitrogens with zero attached hydrogens (tertiary/aromatic N) is 1. The molecule has 7 heteroatoms. The quantitative estimate of drug-likeness (QED) is 0.705. The topological polar surface area (TPSA) is 72.5 Å². The largest absolute Gasteiger partial charge is 0.380 e. The molecule has 4 rings (SSSR count). The first kappa shape index (κ1) is 17.9. The fourth-order valence-electron chi connectivity index (χ4n) is 3.22. The van der Waals surface area contributed by atoms with Gasteiger partial charge in [0.05, 0.1) is 29.5 Å². The minimum atomic E-state index is -0.273. The minimum absolute atomic E-state index is 0.0191. The van der Waals surface area contributed by atoms with Gasteiger partial charge in [-0.3, -0.25) is 5.32 Å². The number of para-hydroxylation sites is 1. The lowest BCUT2D eigenvalue weighted by Gasteiger charge is -2.25. The number of benzene rings is 2. The normalized spacial score (nSPS) is 16.1. The number of hydrogen-bond donors (Lipinski definition) is 2. The van der Waals surface area contributed by atoms with Crippen LogP contribution in [0.15, 0.2) is 42.5 Å². The fraction of sp³-hybridized carbons (Fsp3) is 0.300. The van der Waals surface area contributed by atoms with Crippen molar-refractivity contribution in [3.8, 4) is 0 Å². The van der Waals surface area contributed by atoms with Crippen LogP contribution < -0.4 is 10.6 Å². The third-order valence-corrected chi connectivity index (χ3v) is 5.49. The van der Waals surface area contributed by atoms with Crippen molar-refractivity contribution in [3.63, 3.8) is 0 Å². The number of carbonyl (C=O) groups is 1. The Morgan fingerprint density at radius 1 is 1.26 bits per heavy atom. The van der Waals surface area contributed by atoms with E-state index in [9.17, 15) is 4.79 Å². The molecular weight excluding hydrogens is 362 g/mol. The van der Waals surface area contributed by atoms with Gasteiger partial charge in [0.1, 0.15) is 0 Å². The Morgan fingerprint density at radius 2 is 2.11 bits per heavy atom. The molecule has 0 unspecified atom stereocenters. The van der Waals surface area contributed by atoms with Crippen LogP contribution in [0.2, 0.25) is 0 Å². The second-order valence-electron chi connectivity index (χ2n) is 6.46. The van der Waals surface area contributed by atoms with Crippen molar-refractivity contribution in [2.24, 2.45) is 0 Å². The number of hydrogen-bond acceptors (Lipinski definition) is 5. The maximum atomic E-state index is 12.3. The van der Waals surface area contributed by atoms with Crippen LogP contribution in [0.25, 0.3) is 10.2 Å². The summed E-state index contributed by atoms with van der Waals surface area (Å²) >= 11 is 1.45. The second kappa shape index (κ2) is 8.04. The first-order valence-electron chi connectivity index (χ1n) is 8.83. The van der Waals surface area contributed by atoms with Gasteiger partial charge in [0.15, 0.2) is 5.13 Å². The monoisotopic (exact) mass is 383 g/mol. The predicted octanol–water partition coefficient (Wildman–Crippen LogP) is 3.71. The molecule has 2 heterocycles. The average Bonchev–Trinajstić information content (AvgIpc) is 3.10. The highest BCUT2D eigenvalue weighted by Gasteiger charge is 2.19. The molecule has 0 spiro atoms. The molecule has 2 amide bonds. The van der Waals surface area contributed by atoms with E-state index in [2.05, 4.69) is 27.8 Å². The van der Waals surface area contributed by atoms with Crippen LogP contribution in [0.5, 0.6) is 0 Å². The summed E-state index contributed by atoms with van der Waals surface area (Å²) < 4.78 is 12.1. The summed E-state index contributed by atoms with van der Waals surface area (Å²) in [6.45, 7) is 1.54. The number of methoxy groups -OCH3 is 1. The number of amides is 2. The van der Waals surface area contributed by atoms with E-state index in [1.165, 1.54) is 22.5 Å². The summed E-state index contributed by atoms with van der Waals surface area (Å²) in [4.78, 5) is 16.8. The number of thiazole rings is 1. The van der Waals surface area contributed by atoms with E-state index in [0.717, 1.165) is 22.2 Å². The maximum absolute atomic E-state index is 12.3. The predicted molar refractivity (Wildman–Crippen MR) is 106 cm³/mol. The van der Waals surface area contributed by atoms with Crippen LogP contribution in [-0.4, -0.2) is 30.8 Å². The molecule has 1 aliphatic rings. The minimum Gasteiger partial charge on any atom is -0.380 e. The summed E-state index contributed by atoms with van der Waals surface area (Å²) in [6, 6.07) is 13.9. The zero-order valence-corrected chi connectivity index (χ0v) is 15.8. The van der Waals surface area contributed by atoms with E-state index < -0.39 is 0 Å². The van der Waals surface area contributed by atoms with Crippen molar-refractivity contribution in [2.75, 3.05) is 19.0 Å². The van der Waals surface area contributed by atoms with Crippen LogP contribution in [0.3, 0.4) is 0 Å². The van der Waals surface area contributed by atoms with E-state index in [0.29, 0.717) is 24.9 Å². The zero-order valence-electron chi connectivity index (χ0n) is 15.0. The Balaban J connectivity index is 1.35. The molecule has 2 N–H and O–H groups in total. The highest BCUT2D eigenvalue weighted by molar-refractivity contribution is 7.22. The van der Waals surface area contributed by atoms with Crippen molar-refractivity contribution in [2.45, 2.75) is 25.7 Å². The van der Waals surface area contributed by atoms with Crippen LogP contribution >= 0.6 is 11.3 Å². The Morgan fingerprint density at radius 3 is 2.96 bits per heavy atom. The van der Waals surface area contributed by atoms with Gasteiger partial charge in [-0.25, -0.2) is 9.78 Å². The van der Waals surface area contributed by atoms with E-state index >= 15 is 0 Å². The Kier molecular flexibility index (Phi) is 5.33. The lowest BCUT2D eigenvalue weighted by atomic mass is 9.99. The van der Waals surface area contributed by atoms with Gasteiger partial charge in [-0.1, -0.05) is 47.7 Å². The number of ether oxygens (including phenoxy) is 2. The van der Waals surface area contributed by atoms with Gasteiger partial charge in [0.2, 0.25) is 0 Å². The van der Waals surface area contributed by atoms with Gasteiger partial charge >= 0.3 is 6.03 Å². The summed E-state index contributed by atoms with van der Waals surface area (Å²) in [5.74, 6) is 0. The van der Waals surface area contributed by atoms with Crippen molar-refractivity contribution in [3.05, 3.63) is 59.2 Å². The first-order valence-corrected chi connectivity index (χ1v) is 9.65. The molecule has 1 aliphatic heterocycles. The number of aromatic nitrogens is 1. The Bertz CT molecular complexity index is 957. The molecule has 2 aromatic carbocycles. The fourth-order valence-corrected chi connectivity index (χ4v) is 4.13. The van der Waals surface area contributed by atoms with Crippen molar-refractivity contribution in [1.29, 1.82) is 0 Å². The highest BCUT2D eigenvalue weighted by atomic mass is 32.1. The molecule has 1 atom stereocenters. The molecule has 0 saturated carbocycles. The highest BCUT2D eigenvalue weighted by Crippen LogP contribution is 2.28. The number of rotatable bonds is 5. The van der Waals surface area contributed by atoms with Crippen LogP contribution in [0.4, 0.5) is 9.93 Å². The summed E-state index contributed by atoms with van der Waals surface area (Å²) in [7, 11) is 1.66. The first-order chi connectivity index (χ1) is 13.2. The van der Waals surface area contributed by atoms with Gasteiger partial charge in [-0.2, -0.15) is 0 Å². The molecule has 3 aromatic rings. The third kappa shape index (κ3) is 4.10. The van der Waals surface area contributed by atoms with Gasteiger partial charge in [0, 0.05) is 25.6 Å². The van der Waals surface area contributed by atoms with Gasteiger partial charge in [-0.05, 0) is 17.2 Å². The van der Waals surface area contributed by atoms with Crippen LogP contribution in [-0.2, 0) is 29.1 Å². The van der Waals surface area contributed by atoms with E-state index in [1.807, 2.05) is 30.3 Å². The molecule has 0 radical (unpaired) electrons. The molecule has 27 heavy (non-hydrogen) atoms. The number of carbonyl (C=O) groups excluding carboxylic acids is 1. The van der Waals surface area contributed by atoms with Gasteiger partial charge < -0.3 is 14.8 Å². The van der Waals surface area contributed by atoms with Crippen LogP contribution in [0.1, 0.15) is 16.7 Å².